The number of amidine groups is 1. The van der Waals surface area contributed by atoms with Gasteiger partial charge in [0.1, 0.15) is 18.1 Å². The fourth-order valence-corrected chi connectivity index (χ4v) is 3.52. The van der Waals surface area contributed by atoms with Gasteiger partial charge in [-0.05, 0) is 36.4 Å². The number of rotatable bonds is 2. The lowest BCUT2D eigenvalue weighted by atomic mass is 10.3. The van der Waals surface area contributed by atoms with Crippen molar-refractivity contribution in [2.45, 2.75) is 0 Å². The highest BCUT2D eigenvalue weighted by atomic mass is 35.5. The van der Waals surface area contributed by atoms with Crippen LogP contribution in [0.25, 0.3) is 6.08 Å². The summed E-state index contributed by atoms with van der Waals surface area (Å²) in [6.45, 7) is 0.474. The van der Waals surface area contributed by atoms with Crippen molar-refractivity contribution in [1.29, 1.82) is 0 Å². The van der Waals surface area contributed by atoms with Gasteiger partial charge >= 0.3 is 0 Å². The molecule has 2 aliphatic rings. The summed E-state index contributed by atoms with van der Waals surface area (Å²) in [6, 6.07) is 11.2. The Hall–Kier alpha value is -2.18. The fourth-order valence-electron chi connectivity index (χ4n) is 2.43. The third-order valence-electron chi connectivity index (χ3n) is 3.59. The van der Waals surface area contributed by atoms with E-state index in [1.54, 1.807) is 29.4 Å². The van der Waals surface area contributed by atoms with Crippen LogP contribution in [0.2, 0.25) is 5.02 Å². The molecule has 1 saturated heterocycles. The second-order valence-corrected chi connectivity index (χ2v) is 6.45. The molecule has 2 aliphatic heterocycles. The molecule has 4 rings (SSSR count). The summed E-state index contributed by atoms with van der Waals surface area (Å²) in [5, 5.41) is 1.43. The number of aliphatic imine (C=N–C) groups is 1. The number of thioether (sulfide) groups is 1. The molecule has 0 spiro atoms. The van der Waals surface area contributed by atoms with Crippen LogP contribution in [0, 0.1) is 0 Å². The van der Waals surface area contributed by atoms with Crippen LogP contribution >= 0.6 is 23.4 Å². The number of furan rings is 1. The zero-order chi connectivity index (χ0) is 15.8. The number of nitrogens with zero attached hydrogens (tertiary/aromatic N) is 3. The van der Waals surface area contributed by atoms with Crippen LogP contribution in [0.4, 0.5) is 5.69 Å². The van der Waals surface area contributed by atoms with Crippen molar-refractivity contribution in [3.05, 3.63) is 59.1 Å². The number of carbonyl (C=O) groups is 1. The van der Waals surface area contributed by atoms with Gasteiger partial charge in [-0.15, -0.1) is 0 Å². The molecule has 7 heteroatoms. The van der Waals surface area contributed by atoms with Crippen LogP contribution in [0.15, 0.2) is 57.8 Å². The van der Waals surface area contributed by atoms with Crippen molar-refractivity contribution in [3.8, 4) is 0 Å². The van der Waals surface area contributed by atoms with Crippen LogP contribution in [0.5, 0.6) is 0 Å². The highest BCUT2D eigenvalue weighted by Crippen LogP contribution is 2.31. The molecule has 3 heterocycles. The summed E-state index contributed by atoms with van der Waals surface area (Å²) in [4.78, 5) is 20.7. The Morgan fingerprint density at radius 1 is 1.26 bits per heavy atom. The third-order valence-corrected chi connectivity index (χ3v) is 4.85. The first kappa shape index (κ1) is 14.4. The number of anilines is 1. The molecule has 2 aromatic rings. The molecule has 0 saturated carbocycles. The molecule has 116 valence electrons. The molecule has 23 heavy (non-hydrogen) atoms. The van der Waals surface area contributed by atoms with Crippen molar-refractivity contribution in [3.63, 3.8) is 0 Å². The topological polar surface area (TPSA) is 49.1 Å². The second-order valence-electron chi connectivity index (χ2n) is 5.10. The van der Waals surface area contributed by atoms with Gasteiger partial charge in [0.2, 0.25) is 0 Å². The first-order valence-electron chi connectivity index (χ1n) is 7.00. The standard InChI is InChI=1S/C16H12ClN3O2S/c17-11-3-5-12(6-4-11)19-9-20-15(21)14(18-16(20)23-10-19)8-13-2-1-7-22-13/h1-8H,9-10H2/b14-8+. The maximum Gasteiger partial charge on any atom is 0.280 e. The predicted molar refractivity (Wildman–Crippen MR) is 92.2 cm³/mol. The molecule has 5 nitrogen and oxygen atoms in total. The summed E-state index contributed by atoms with van der Waals surface area (Å²) in [5.41, 5.74) is 1.43. The molecular formula is C16H12ClN3O2S. The highest BCUT2D eigenvalue weighted by Gasteiger charge is 2.35. The average Bonchev–Trinajstić information content (AvgIpc) is 3.17. The van der Waals surface area contributed by atoms with E-state index < -0.39 is 0 Å². The van der Waals surface area contributed by atoms with E-state index in [0.29, 0.717) is 23.1 Å². The number of hydrogen-bond acceptors (Lipinski definition) is 5. The fraction of sp³-hybridized carbons (Fsp3) is 0.125. The van der Waals surface area contributed by atoms with Crippen molar-refractivity contribution >= 4 is 46.2 Å². The minimum absolute atomic E-state index is 0.109. The third kappa shape index (κ3) is 2.75. The van der Waals surface area contributed by atoms with E-state index in [9.17, 15) is 4.79 Å². The van der Waals surface area contributed by atoms with E-state index in [4.69, 9.17) is 16.0 Å². The quantitative estimate of drug-likeness (QED) is 0.780. The van der Waals surface area contributed by atoms with E-state index in [1.165, 1.54) is 11.8 Å². The maximum atomic E-state index is 12.5. The van der Waals surface area contributed by atoms with Crippen molar-refractivity contribution in [2.75, 3.05) is 17.4 Å². The lowest BCUT2D eigenvalue weighted by Crippen LogP contribution is -2.46. The van der Waals surface area contributed by atoms with Gasteiger partial charge in [0.25, 0.3) is 5.91 Å². The largest absolute Gasteiger partial charge is 0.465 e. The van der Waals surface area contributed by atoms with Crippen LogP contribution in [0.3, 0.4) is 0 Å². The lowest BCUT2D eigenvalue weighted by molar-refractivity contribution is -0.122. The zero-order valence-corrected chi connectivity index (χ0v) is 13.5. The maximum absolute atomic E-state index is 12.5. The molecule has 0 bridgehead atoms. The number of hydrogen-bond donors (Lipinski definition) is 0. The van der Waals surface area contributed by atoms with E-state index >= 15 is 0 Å². The molecule has 1 fully saturated rings. The van der Waals surface area contributed by atoms with Gasteiger partial charge in [0.15, 0.2) is 5.17 Å². The first-order chi connectivity index (χ1) is 11.2. The minimum Gasteiger partial charge on any atom is -0.465 e. The Labute approximate surface area is 142 Å². The molecule has 1 amide bonds. The first-order valence-corrected chi connectivity index (χ1v) is 8.36. The Morgan fingerprint density at radius 2 is 2.09 bits per heavy atom. The molecule has 0 radical (unpaired) electrons. The Bertz CT molecular complexity index is 799. The predicted octanol–water partition coefficient (Wildman–Crippen LogP) is 3.64. The summed E-state index contributed by atoms with van der Waals surface area (Å²) in [7, 11) is 0. The SMILES string of the molecule is O=C1/C(=C\c2ccco2)N=C2SCN(c3ccc(Cl)cc3)CN12. The summed E-state index contributed by atoms with van der Waals surface area (Å²) in [6.07, 6.45) is 3.24. The van der Waals surface area contributed by atoms with Crippen molar-refractivity contribution in [2.24, 2.45) is 4.99 Å². The van der Waals surface area contributed by atoms with Gasteiger partial charge < -0.3 is 9.32 Å². The molecule has 0 N–H and O–H groups in total. The molecular weight excluding hydrogens is 334 g/mol. The lowest BCUT2D eigenvalue weighted by Gasteiger charge is -2.34. The smallest absolute Gasteiger partial charge is 0.280 e. The normalized spacial score (nSPS) is 19.3. The van der Waals surface area contributed by atoms with Gasteiger partial charge in [-0.1, -0.05) is 23.4 Å². The average molecular weight is 346 g/mol. The van der Waals surface area contributed by atoms with Gasteiger partial charge in [0, 0.05) is 16.8 Å². The highest BCUT2D eigenvalue weighted by molar-refractivity contribution is 8.14. The summed E-state index contributed by atoms with van der Waals surface area (Å²) < 4.78 is 5.25. The van der Waals surface area contributed by atoms with E-state index in [-0.39, 0.29) is 5.91 Å². The van der Waals surface area contributed by atoms with Crippen molar-refractivity contribution < 1.29 is 9.21 Å². The second kappa shape index (κ2) is 5.79. The molecule has 0 aliphatic carbocycles. The minimum atomic E-state index is -0.109. The van der Waals surface area contributed by atoms with Gasteiger partial charge in [0.05, 0.1) is 12.1 Å². The molecule has 0 atom stereocenters. The number of benzene rings is 1. The molecule has 0 unspecified atom stereocenters. The zero-order valence-electron chi connectivity index (χ0n) is 12.0. The van der Waals surface area contributed by atoms with Crippen molar-refractivity contribution in [1.82, 2.24) is 4.90 Å². The van der Waals surface area contributed by atoms with E-state index in [1.807, 2.05) is 24.3 Å². The van der Waals surface area contributed by atoms with Gasteiger partial charge in [-0.25, -0.2) is 4.99 Å². The Morgan fingerprint density at radius 3 is 2.83 bits per heavy atom. The molecule has 1 aromatic heterocycles. The van der Waals surface area contributed by atoms with Crippen LogP contribution in [0.1, 0.15) is 5.76 Å². The molecule has 1 aromatic carbocycles. The number of amides is 1. The van der Waals surface area contributed by atoms with Crippen LogP contribution < -0.4 is 4.90 Å². The monoisotopic (exact) mass is 345 g/mol. The number of halogens is 1. The Kier molecular flexibility index (Phi) is 3.63. The van der Waals surface area contributed by atoms with Crippen LogP contribution in [-0.2, 0) is 4.79 Å². The van der Waals surface area contributed by atoms with Gasteiger partial charge in [-0.3, -0.25) is 9.69 Å². The Balaban J connectivity index is 1.56. The van der Waals surface area contributed by atoms with E-state index in [0.717, 1.165) is 16.7 Å². The van der Waals surface area contributed by atoms with Gasteiger partial charge in [-0.2, -0.15) is 0 Å². The summed E-state index contributed by atoms with van der Waals surface area (Å²) >= 11 is 7.46. The summed E-state index contributed by atoms with van der Waals surface area (Å²) in [5.74, 6) is 1.25. The number of fused-ring (bicyclic) bond motifs is 1. The van der Waals surface area contributed by atoms with Crippen LogP contribution in [-0.4, -0.2) is 28.5 Å². The van der Waals surface area contributed by atoms with E-state index in [2.05, 4.69) is 9.89 Å². The number of carbonyl (C=O) groups excluding carboxylic acids is 1.